The van der Waals surface area contributed by atoms with Crippen molar-refractivity contribution in [3.8, 4) is 11.5 Å². The summed E-state index contributed by atoms with van der Waals surface area (Å²) >= 11 is 0. The van der Waals surface area contributed by atoms with Crippen LogP contribution in [0.25, 0.3) is 0 Å². The quantitative estimate of drug-likeness (QED) is 0.429. The minimum Gasteiger partial charge on any atom is -0.503 e. The Hall–Kier alpha value is -1.61. The summed E-state index contributed by atoms with van der Waals surface area (Å²) in [6.07, 6.45) is 4.19. The number of benzene rings is 2. The Balaban J connectivity index is 2.50. The predicted octanol–water partition coefficient (Wildman–Crippen LogP) is 8.19. The monoisotopic (exact) mass is 457 g/mol. The minimum absolute atomic E-state index is 0.0104. The van der Waals surface area contributed by atoms with E-state index in [0.29, 0.717) is 11.5 Å². The first-order valence-electron chi connectivity index (χ1n) is 11.7. The summed E-state index contributed by atoms with van der Waals surface area (Å²) in [4.78, 5) is 1.79. The molecule has 0 spiro atoms. The smallest absolute Gasteiger partial charge is 0.202 e. The minimum atomic E-state index is -0.456. The molecule has 0 fully saturated rings. The van der Waals surface area contributed by atoms with Gasteiger partial charge in [-0.05, 0) is 57.8 Å². The highest BCUT2D eigenvalue weighted by Crippen LogP contribution is 2.42. The van der Waals surface area contributed by atoms with E-state index in [9.17, 15) is 10.2 Å². The fraction of sp³-hybridized carbons (Fsp3) is 0.586. The van der Waals surface area contributed by atoms with Gasteiger partial charge in [0.25, 0.3) is 0 Å². The average Bonchev–Trinajstić information content (AvgIpc) is 2.57. The zero-order chi connectivity index (χ0) is 24.7. The van der Waals surface area contributed by atoms with Crippen LogP contribution in [0.5, 0.6) is 11.5 Å². The summed E-state index contributed by atoms with van der Waals surface area (Å²) in [6.45, 7) is 22.7. The van der Waals surface area contributed by atoms with Crippen LogP contribution in [0.3, 0.4) is 0 Å². The number of rotatable bonds is 6. The number of phenolic OH excluding ortho intramolecular Hbond substituents is 2. The molecule has 0 aromatic heterocycles. The highest BCUT2D eigenvalue weighted by Gasteiger charge is 2.34. The van der Waals surface area contributed by atoms with Crippen LogP contribution < -0.4 is 0 Å². The Morgan fingerprint density at radius 3 is 1.19 bits per heavy atom. The van der Waals surface area contributed by atoms with E-state index in [1.54, 1.807) is 0 Å². The van der Waals surface area contributed by atoms with Crippen LogP contribution in [0.4, 0.5) is 0 Å². The summed E-state index contributed by atoms with van der Waals surface area (Å²) in [7, 11) is -0.456. The van der Waals surface area contributed by atoms with Gasteiger partial charge in [-0.1, -0.05) is 81.4 Å². The van der Waals surface area contributed by atoms with Crippen LogP contribution in [0.15, 0.2) is 46.2 Å². The van der Waals surface area contributed by atoms with Gasteiger partial charge in [-0.3, -0.25) is 0 Å². The molecule has 2 nitrogen and oxygen atoms in total. The van der Waals surface area contributed by atoms with E-state index in [4.69, 9.17) is 0 Å². The number of phenols is 2. The average molecular weight is 458 g/mol. The van der Waals surface area contributed by atoms with Crippen LogP contribution in [0, 0.1) is 10.8 Å². The van der Waals surface area contributed by atoms with Gasteiger partial charge in [0.05, 0.1) is 10.9 Å². The fourth-order valence-electron chi connectivity index (χ4n) is 5.33. The van der Waals surface area contributed by atoms with Crippen molar-refractivity contribution < 1.29 is 10.2 Å². The molecule has 0 bridgehead atoms. The SMILES string of the molecule is C[S+](c1cc(C(C)(C)CC(C)(C)C)ccc1O)c1cc(C(C)(C)CC(C)(C)C)ccc1O. The van der Waals surface area contributed by atoms with Crippen LogP contribution in [-0.2, 0) is 21.7 Å². The molecule has 0 aliphatic carbocycles. The summed E-state index contributed by atoms with van der Waals surface area (Å²) in [5.74, 6) is 0.592. The molecule has 0 amide bonds. The molecule has 0 saturated heterocycles. The largest absolute Gasteiger partial charge is 0.503 e. The third-order valence-corrected chi connectivity index (χ3v) is 8.06. The van der Waals surface area contributed by atoms with E-state index < -0.39 is 10.9 Å². The molecule has 2 N–H and O–H groups in total. The van der Waals surface area contributed by atoms with Gasteiger partial charge in [-0.25, -0.2) is 0 Å². The van der Waals surface area contributed by atoms with Gasteiger partial charge in [0, 0.05) is 12.1 Å². The fourth-order valence-corrected chi connectivity index (χ4v) is 6.94. The lowest BCUT2D eigenvalue weighted by Gasteiger charge is -2.33. The van der Waals surface area contributed by atoms with Crippen molar-refractivity contribution in [2.45, 2.75) is 103 Å². The molecule has 2 aromatic carbocycles. The molecule has 178 valence electrons. The summed E-state index contributed by atoms with van der Waals surface area (Å²) in [5, 5.41) is 21.5. The van der Waals surface area contributed by atoms with Gasteiger partial charge in [0.15, 0.2) is 11.5 Å². The Morgan fingerprint density at radius 1 is 0.594 bits per heavy atom. The normalized spacial score (nSPS) is 13.6. The van der Waals surface area contributed by atoms with Crippen LogP contribution in [0.2, 0.25) is 0 Å². The molecule has 0 radical (unpaired) electrons. The van der Waals surface area contributed by atoms with E-state index in [1.165, 1.54) is 11.1 Å². The topological polar surface area (TPSA) is 40.5 Å². The van der Waals surface area contributed by atoms with E-state index in [2.05, 4.69) is 87.6 Å². The van der Waals surface area contributed by atoms with Crippen molar-refractivity contribution >= 4 is 10.9 Å². The molecule has 32 heavy (non-hydrogen) atoms. The molecule has 0 saturated carbocycles. The van der Waals surface area contributed by atoms with Gasteiger partial charge < -0.3 is 10.2 Å². The molecule has 0 aliphatic rings. The standard InChI is InChI=1S/C29H44O2S/c1-26(2,3)18-28(7,8)20-12-14-22(30)24(16-20)32(11)25-17-21(13-15-23(25)31)29(9,10)19-27(4,5)6/h12-17H,18-19H2,1-11H3,(H-,30,31)/p+1. The van der Waals surface area contributed by atoms with E-state index in [1.807, 2.05) is 24.3 Å². The molecular weight excluding hydrogens is 412 g/mol. The second-order valence-corrected chi connectivity index (χ2v) is 15.0. The maximum atomic E-state index is 10.8. The van der Waals surface area contributed by atoms with Gasteiger partial charge in [0.2, 0.25) is 9.79 Å². The summed E-state index contributed by atoms with van der Waals surface area (Å²) in [6, 6.07) is 12.0. The second-order valence-electron chi connectivity index (χ2n) is 13.1. The lowest BCUT2D eigenvalue weighted by molar-refractivity contribution is 0.283. The number of aromatic hydroxyl groups is 2. The van der Waals surface area contributed by atoms with Gasteiger partial charge in [-0.15, -0.1) is 0 Å². The second kappa shape index (κ2) is 8.97. The Bertz CT molecular complexity index is 865. The third kappa shape index (κ3) is 6.70. The molecule has 0 unspecified atom stereocenters. The molecular formula is C29H45O2S+. The zero-order valence-corrected chi connectivity index (χ0v) is 23.0. The Labute approximate surface area is 199 Å². The van der Waals surface area contributed by atoms with E-state index in [-0.39, 0.29) is 21.7 Å². The maximum Gasteiger partial charge on any atom is 0.202 e. The van der Waals surface area contributed by atoms with Gasteiger partial charge in [-0.2, -0.15) is 0 Å². The van der Waals surface area contributed by atoms with Crippen LogP contribution in [-0.4, -0.2) is 16.5 Å². The van der Waals surface area contributed by atoms with Crippen molar-refractivity contribution in [2.24, 2.45) is 10.8 Å². The molecule has 0 aliphatic heterocycles. The van der Waals surface area contributed by atoms with E-state index >= 15 is 0 Å². The van der Waals surface area contributed by atoms with Crippen molar-refractivity contribution in [3.63, 3.8) is 0 Å². The molecule has 3 heteroatoms. The number of hydrogen-bond acceptors (Lipinski definition) is 2. The van der Waals surface area contributed by atoms with Crippen molar-refractivity contribution in [3.05, 3.63) is 47.5 Å². The zero-order valence-electron chi connectivity index (χ0n) is 22.2. The molecule has 2 aromatic rings. The third-order valence-electron chi connectivity index (χ3n) is 6.09. The van der Waals surface area contributed by atoms with Crippen molar-refractivity contribution in [1.29, 1.82) is 0 Å². The lowest BCUT2D eigenvalue weighted by atomic mass is 9.72. The first kappa shape index (κ1) is 26.6. The van der Waals surface area contributed by atoms with Crippen LogP contribution >= 0.6 is 0 Å². The number of hydrogen-bond donors (Lipinski definition) is 2. The molecule has 2 rings (SSSR count). The summed E-state index contributed by atoms with van der Waals surface area (Å²) < 4.78 is 0. The Morgan fingerprint density at radius 2 is 0.906 bits per heavy atom. The highest BCUT2D eigenvalue weighted by molar-refractivity contribution is 7.96. The first-order valence-corrected chi connectivity index (χ1v) is 13.3. The molecule has 0 heterocycles. The van der Waals surface area contributed by atoms with Gasteiger partial charge >= 0.3 is 0 Å². The highest BCUT2D eigenvalue weighted by atomic mass is 32.2. The van der Waals surface area contributed by atoms with Crippen LogP contribution in [0.1, 0.15) is 93.2 Å². The summed E-state index contributed by atoms with van der Waals surface area (Å²) in [5.41, 5.74) is 2.85. The Kier molecular flexibility index (Phi) is 7.47. The first-order chi connectivity index (χ1) is 14.3. The molecule has 0 atom stereocenters. The van der Waals surface area contributed by atoms with E-state index in [0.717, 1.165) is 22.6 Å². The van der Waals surface area contributed by atoms with Crippen molar-refractivity contribution in [1.82, 2.24) is 0 Å². The maximum absolute atomic E-state index is 10.8. The lowest BCUT2D eigenvalue weighted by Crippen LogP contribution is -2.25. The van der Waals surface area contributed by atoms with Crippen molar-refractivity contribution in [2.75, 3.05) is 6.26 Å². The predicted molar refractivity (Wildman–Crippen MR) is 140 cm³/mol. The van der Waals surface area contributed by atoms with Gasteiger partial charge in [0.1, 0.15) is 6.26 Å².